The number of carbonyl (C=O) groups excluding carboxylic acids is 3. The predicted molar refractivity (Wildman–Crippen MR) is 91.5 cm³/mol. The smallest absolute Gasteiger partial charge is 0.329 e. The molecular formula is C17H22N4O4. The molecule has 3 rings (SSSR count). The van der Waals surface area contributed by atoms with E-state index in [0.717, 1.165) is 18.0 Å². The first-order valence-corrected chi connectivity index (χ1v) is 8.24. The minimum atomic E-state index is -0.818. The maximum absolute atomic E-state index is 12.6. The zero-order chi connectivity index (χ0) is 18.0. The van der Waals surface area contributed by atoms with Gasteiger partial charge in [-0.3, -0.25) is 9.59 Å². The van der Waals surface area contributed by atoms with Crippen molar-refractivity contribution in [2.75, 3.05) is 45.2 Å². The van der Waals surface area contributed by atoms with Crippen LogP contribution in [0.5, 0.6) is 5.75 Å². The Hall–Kier alpha value is -2.61. The molecule has 0 radical (unpaired) electrons. The number of rotatable bonds is 4. The Morgan fingerprint density at radius 2 is 1.80 bits per heavy atom. The Kier molecular flexibility index (Phi) is 4.89. The van der Waals surface area contributed by atoms with Crippen LogP contribution in [0, 0.1) is 0 Å². The monoisotopic (exact) mass is 346 g/mol. The lowest BCUT2D eigenvalue weighted by molar-refractivity contribution is -0.135. The van der Waals surface area contributed by atoms with E-state index in [-0.39, 0.29) is 12.3 Å². The number of methoxy groups -OCH3 is 1. The number of hydrogen-bond acceptors (Lipinski definition) is 5. The quantitative estimate of drug-likeness (QED) is 0.792. The fraction of sp³-hybridized carbons (Fsp3) is 0.471. The third-order valence-corrected chi connectivity index (χ3v) is 4.58. The molecule has 2 aliphatic heterocycles. The Morgan fingerprint density at radius 1 is 1.16 bits per heavy atom. The third kappa shape index (κ3) is 3.58. The predicted octanol–water partition coefficient (Wildman–Crippen LogP) is 0.284. The zero-order valence-electron chi connectivity index (χ0n) is 14.4. The second-order valence-corrected chi connectivity index (χ2v) is 6.26. The van der Waals surface area contributed by atoms with E-state index in [0.29, 0.717) is 24.5 Å². The molecule has 1 aromatic rings. The zero-order valence-corrected chi connectivity index (χ0v) is 14.4. The van der Waals surface area contributed by atoms with Crippen LogP contribution in [-0.4, -0.2) is 74.0 Å². The van der Waals surface area contributed by atoms with Crippen molar-refractivity contribution in [2.24, 2.45) is 0 Å². The molecule has 8 heteroatoms. The van der Waals surface area contributed by atoms with Crippen molar-refractivity contribution in [3.63, 3.8) is 0 Å². The molecule has 2 aliphatic rings. The minimum absolute atomic E-state index is 0.0130. The van der Waals surface area contributed by atoms with Gasteiger partial charge in [-0.2, -0.15) is 0 Å². The van der Waals surface area contributed by atoms with E-state index in [4.69, 9.17) is 4.74 Å². The summed E-state index contributed by atoms with van der Waals surface area (Å²) in [7, 11) is 3.55. The molecule has 2 heterocycles. The molecule has 0 bridgehead atoms. The van der Waals surface area contributed by atoms with E-state index in [1.54, 1.807) is 36.3 Å². The summed E-state index contributed by atoms with van der Waals surface area (Å²) in [6, 6.07) is 5.31. The van der Waals surface area contributed by atoms with E-state index in [1.165, 1.54) is 0 Å². The maximum atomic E-state index is 12.6. The highest BCUT2D eigenvalue weighted by Gasteiger charge is 2.40. The molecule has 134 valence electrons. The van der Waals surface area contributed by atoms with Gasteiger partial charge in [0.2, 0.25) is 5.91 Å². The van der Waals surface area contributed by atoms with E-state index in [2.05, 4.69) is 10.2 Å². The van der Waals surface area contributed by atoms with Gasteiger partial charge in [-0.05, 0) is 31.3 Å². The molecule has 0 aliphatic carbocycles. The fourth-order valence-electron chi connectivity index (χ4n) is 3.00. The van der Waals surface area contributed by atoms with E-state index in [1.807, 2.05) is 7.05 Å². The number of ether oxygens (including phenoxy) is 1. The van der Waals surface area contributed by atoms with Gasteiger partial charge in [-0.25, -0.2) is 9.69 Å². The number of likely N-dealkylation sites (N-methyl/N-ethyl adjacent to an activating group) is 1. The molecule has 0 spiro atoms. The second kappa shape index (κ2) is 7.10. The summed E-state index contributed by atoms with van der Waals surface area (Å²) in [4.78, 5) is 42.1. The van der Waals surface area contributed by atoms with Gasteiger partial charge < -0.3 is 19.9 Å². The molecule has 25 heavy (non-hydrogen) atoms. The Morgan fingerprint density at radius 3 is 2.40 bits per heavy atom. The van der Waals surface area contributed by atoms with Crippen molar-refractivity contribution in [3.8, 4) is 5.75 Å². The fourth-order valence-corrected chi connectivity index (χ4v) is 3.00. The van der Waals surface area contributed by atoms with Crippen LogP contribution in [0.3, 0.4) is 0 Å². The van der Waals surface area contributed by atoms with Crippen LogP contribution in [-0.2, 0) is 9.59 Å². The Bertz CT molecular complexity index is 668. The van der Waals surface area contributed by atoms with Gasteiger partial charge in [0.15, 0.2) is 0 Å². The van der Waals surface area contributed by atoms with Gasteiger partial charge in [0.25, 0.3) is 5.91 Å². The molecule has 4 amide bonds. The third-order valence-electron chi connectivity index (χ3n) is 4.58. The Balaban J connectivity index is 1.65. The topological polar surface area (TPSA) is 82.2 Å². The molecule has 0 unspecified atom stereocenters. The van der Waals surface area contributed by atoms with Gasteiger partial charge in [0.1, 0.15) is 11.8 Å². The number of piperazine rings is 1. The highest BCUT2D eigenvalue weighted by molar-refractivity contribution is 6.22. The van der Waals surface area contributed by atoms with E-state index in [9.17, 15) is 14.4 Å². The number of nitrogens with one attached hydrogen (secondary N) is 1. The number of carbonyl (C=O) groups is 3. The first-order valence-electron chi connectivity index (χ1n) is 8.24. The van der Waals surface area contributed by atoms with Crippen molar-refractivity contribution < 1.29 is 19.1 Å². The highest BCUT2D eigenvalue weighted by Crippen LogP contribution is 2.23. The van der Waals surface area contributed by atoms with Gasteiger partial charge in [-0.15, -0.1) is 0 Å². The highest BCUT2D eigenvalue weighted by atomic mass is 16.5. The number of benzene rings is 1. The van der Waals surface area contributed by atoms with Crippen molar-refractivity contribution >= 4 is 23.5 Å². The van der Waals surface area contributed by atoms with E-state index < -0.39 is 18.0 Å². The average Bonchev–Trinajstić information content (AvgIpc) is 2.89. The second-order valence-electron chi connectivity index (χ2n) is 6.26. The lowest BCUT2D eigenvalue weighted by atomic mass is 10.1. The summed E-state index contributed by atoms with van der Waals surface area (Å²) in [6.45, 7) is 2.92. The van der Waals surface area contributed by atoms with Crippen molar-refractivity contribution in [2.45, 2.75) is 12.5 Å². The van der Waals surface area contributed by atoms with Crippen LogP contribution >= 0.6 is 0 Å². The first kappa shape index (κ1) is 17.2. The molecule has 8 nitrogen and oxygen atoms in total. The minimum Gasteiger partial charge on any atom is -0.497 e. The number of anilines is 1. The van der Waals surface area contributed by atoms with Crippen LogP contribution in [0.1, 0.15) is 6.42 Å². The maximum Gasteiger partial charge on any atom is 0.329 e. The molecule has 0 saturated carbocycles. The molecule has 2 fully saturated rings. The van der Waals surface area contributed by atoms with Gasteiger partial charge >= 0.3 is 6.03 Å². The van der Waals surface area contributed by atoms with Gasteiger partial charge in [0, 0.05) is 26.2 Å². The normalized spacial score (nSPS) is 21.4. The summed E-state index contributed by atoms with van der Waals surface area (Å²) in [5.74, 6) is 0.124. The summed E-state index contributed by atoms with van der Waals surface area (Å²) in [5.41, 5.74) is 0.456. The summed E-state index contributed by atoms with van der Waals surface area (Å²) >= 11 is 0. The molecule has 1 atom stereocenters. The number of urea groups is 1. The largest absolute Gasteiger partial charge is 0.497 e. The SMILES string of the molecule is COc1ccc(N2C(=O)N[C@@H](CC(=O)N3CCN(C)CC3)C2=O)cc1. The summed E-state index contributed by atoms with van der Waals surface area (Å²) < 4.78 is 5.08. The van der Waals surface area contributed by atoms with Crippen molar-refractivity contribution in [1.29, 1.82) is 0 Å². The molecular weight excluding hydrogens is 324 g/mol. The number of nitrogens with zero attached hydrogens (tertiary/aromatic N) is 3. The van der Waals surface area contributed by atoms with Crippen LogP contribution < -0.4 is 15.0 Å². The molecule has 1 aromatic carbocycles. The van der Waals surface area contributed by atoms with Crippen LogP contribution in [0.2, 0.25) is 0 Å². The summed E-state index contributed by atoms with van der Waals surface area (Å²) in [6.07, 6.45) is -0.0130. The Labute approximate surface area is 146 Å². The molecule has 0 aromatic heterocycles. The summed E-state index contributed by atoms with van der Waals surface area (Å²) in [5, 5.41) is 2.61. The first-order chi connectivity index (χ1) is 12.0. The molecule has 1 N–H and O–H groups in total. The molecule has 2 saturated heterocycles. The standard InChI is InChI=1S/C17H22N4O4/c1-19-7-9-20(10-8-19)15(22)11-14-16(23)21(17(24)18-14)12-3-5-13(25-2)6-4-12/h3-6,14H,7-11H2,1-2H3,(H,18,24)/t14-/m0/s1. The van der Waals surface area contributed by atoms with Gasteiger partial charge in [-0.1, -0.05) is 0 Å². The van der Waals surface area contributed by atoms with Crippen LogP contribution in [0.25, 0.3) is 0 Å². The lowest BCUT2D eigenvalue weighted by Crippen LogP contribution is -2.48. The number of imide groups is 1. The van der Waals surface area contributed by atoms with Crippen molar-refractivity contribution in [3.05, 3.63) is 24.3 Å². The van der Waals surface area contributed by atoms with Gasteiger partial charge in [0.05, 0.1) is 19.2 Å². The van der Waals surface area contributed by atoms with Crippen molar-refractivity contribution in [1.82, 2.24) is 15.1 Å². The van der Waals surface area contributed by atoms with E-state index >= 15 is 0 Å². The number of amides is 4. The van der Waals surface area contributed by atoms with Crippen LogP contribution in [0.4, 0.5) is 10.5 Å². The van der Waals surface area contributed by atoms with Crippen LogP contribution in [0.15, 0.2) is 24.3 Å². The average molecular weight is 346 g/mol. The lowest BCUT2D eigenvalue weighted by Gasteiger charge is -2.32. The number of hydrogen-bond donors (Lipinski definition) is 1.